The van der Waals surface area contributed by atoms with Crippen LogP contribution in [0.15, 0.2) is 18.2 Å². The maximum atomic E-state index is 10.9. The highest BCUT2D eigenvalue weighted by molar-refractivity contribution is 7.80. The molecule has 0 radical (unpaired) electrons. The summed E-state index contributed by atoms with van der Waals surface area (Å²) in [6.07, 6.45) is 0. The van der Waals surface area contributed by atoms with Gasteiger partial charge in [-0.25, -0.2) is 0 Å². The molecule has 0 amide bonds. The zero-order valence-electron chi connectivity index (χ0n) is 7.08. The number of carboxylic acids is 1. The minimum atomic E-state index is -0.977. The molecular formula is C9H8Cl2O2S. The summed E-state index contributed by atoms with van der Waals surface area (Å²) in [4.78, 5) is 10.9. The van der Waals surface area contributed by atoms with Crippen LogP contribution in [0.25, 0.3) is 0 Å². The van der Waals surface area contributed by atoms with Crippen molar-refractivity contribution in [1.82, 2.24) is 0 Å². The van der Waals surface area contributed by atoms with Crippen LogP contribution in [0.4, 0.5) is 0 Å². The van der Waals surface area contributed by atoms with Crippen LogP contribution in [-0.2, 0) is 4.79 Å². The molecule has 76 valence electrons. The first kappa shape index (κ1) is 11.7. The Labute approximate surface area is 97.2 Å². The Morgan fingerprint density at radius 3 is 2.29 bits per heavy atom. The molecule has 2 nitrogen and oxygen atoms in total. The monoisotopic (exact) mass is 250 g/mol. The van der Waals surface area contributed by atoms with Crippen LogP contribution in [0.1, 0.15) is 11.5 Å². The van der Waals surface area contributed by atoms with Crippen molar-refractivity contribution in [2.45, 2.75) is 5.92 Å². The molecule has 1 aromatic carbocycles. The molecule has 0 saturated carbocycles. The lowest BCUT2D eigenvalue weighted by molar-refractivity contribution is -0.138. The molecule has 1 rings (SSSR count). The van der Waals surface area contributed by atoms with E-state index in [1.54, 1.807) is 18.2 Å². The number of carboxylic acid groups (broad SMARTS) is 1. The van der Waals surface area contributed by atoms with E-state index in [-0.39, 0.29) is 5.75 Å². The van der Waals surface area contributed by atoms with E-state index in [1.807, 2.05) is 0 Å². The fourth-order valence-electron chi connectivity index (χ4n) is 1.14. The number of benzene rings is 1. The van der Waals surface area contributed by atoms with Crippen molar-refractivity contribution >= 4 is 41.8 Å². The zero-order chi connectivity index (χ0) is 10.7. The average molecular weight is 251 g/mol. The molecule has 0 aliphatic heterocycles. The second-order valence-electron chi connectivity index (χ2n) is 2.71. The van der Waals surface area contributed by atoms with E-state index >= 15 is 0 Å². The summed E-state index contributed by atoms with van der Waals surface area (Å²) < 4.78 is 0. The molecule has 0 bridgehead atoms. The van der Waals surface area contributed by atoms with Gasteiger partial charge in [0, 0.05) is 21.4 Å². The van der Waals surface area contributed by atoms with E-state index in [1.165, 1.54) is 0 Å². The molecular weight excluding hydrogens is 243 g/mol. The molecule has 0 fully saturated rings. The second-order valence-corrected chi connectivity index (χ2v) is 3.89. The maximum absolute atomic E-state index is 10.9. The second kappa shape index (κ2) is 4.91. The molecule has 1 atom stereocenters. The fourth-order valence-corrected chi connectivity index (χ4v) is 2.14. The number of thiol groups is 1. The molecule has 0 spiro atoms. The molecule has 0 heterocycles. The molecule has 0 aliphatic rings. The van der Waals surface area contributed by atoms with E-state index in [9.17, 15) is 4.79 Å². The largest absolute Gasteiger partial charge is 0.481 e. The number of halogens is 2. The maximum Gasteiger partial charge on any atom is 0.311 e. The number of hydrogen-bond donors (Lipinski definition) is 2. The Morgan fingerprint density at radius 1 is 1.43 bits per heavy atom. The predicted molar refractivity (Wildman–Crippen MR) is 60.7 cm³/mol. The zero-order valence-corrected chi connectivity index (χ0v) is 9.48. The quantitative estimate of drug-likeness (QED) is 0.810. The van der Waals surface area contributed by atoms with Gasteiger partial charge in [-0.15, -0.1) is 0 Å². The summed E-state index contributed by atoms with van der Waals surface area (Å²) in [5, 5.41) is 9.63. The SMILES string of the molecule is O=C(O)C(CS)c1c(Cl)cccc1Cl. The summed E-state index contributed by atoms with van der Waals surface area (Å²) in [5.41, 5.74) is 0.429. The van der Waals surface area contributed by atoms with E-state index in [2.05, 4.69) is 12.6 Å². The molecule has 1 aromatic rings. The first-order chi connectivity index (χ1) is 6.57. The Morgan fingerprint density at radius 2 is 1.93 bits per heavy atom. The van der Waals surface area contributed by atoms with E-state index in [4.69, 9.17) is 28.3 Å². The molecule has 1 unspecified atom stereocenters. The number of hydrogen-bond acceptors (Lipinski definition) is 2. The van der Waals surface area contributed by atoms with Crippen molar-refractivity contribution < 1.29 is 9.90 Å². The molecule has 14 heavy (non-hydrogen) atoms. The Hall–Kier alpha value is -0.380. The van der Waals surface area contributed by atoms with Gasteiger partial charge in [0.25, 0.3) is 0 Å². The normalized spacial score (nSPS) is 12.5. The number of carbonyl (C=O) groups is 1. The van der Waals surface area contributed by atoms with Crippen molar-refractivity contribution in [3.8, 4) is 0 Å². The third-order valence-electron chi connectivity index (χ3n) is 1.83. The van der Waals surface area contributed by atoms with Gasteiger partial charge < -0.3 is 5.11 Å². The standard InChI is InChI=1S/C9H8Cl2O2S/c10-6-2-1-3-7(11)8(6)5(4-14)9(12)13/h1-3,5,14H,4H2,(H,12,13). The van der Waals surface area contributed by atoms with Crippen LogP contribution in [-0.4, -0.2) is 16.8 Å². The summed E-state index contributed by atoms with van der Waals surface area (Å²) in [6.45, 7) is 0. The van der Waals surface area contributed by atoms with Crippen LogP contribution in [0.3, 0.4) is 0 Å². The average Bonchev–Trinajstić information content (AvgIpc) is 2.10. The lowest BCUT2D eigenvalue weighted by Gasteiger charge is -2.13. The molecule has 1 N–H and O–H groups in total. The number of aliphatic carboxylic acids is 1. The van der Waals surface area contributed by atoms with Gasteiger partial charge in [0.2, 0.25) is 0 Å². The van der Waals surface area contributed by atoms with Crippen molar-refractivity contribution in [2.24, 2.45) is 0 Å². The predicted octanol–water partition coefficient (Wildman–Crippen LogP) is 3.09. The molecule has 0 aromatic heterocycles. The Balaban J connectivity index is 3.22. The Kier molecular flexibility index (Phi) is 4.11. The van der Waals surface area contributed by atoms with E-state index in [0.29, 0.717) is 15.6 Å². The van der Waals surface area contributed by atoms with Crippen molar-refractivity contribution in [1.29, 1.82) is 0 Å². The fraction of sp³-hybridized carbons (Fsp3) is 0.222. The first-order valence-corrected chi connectivity index (χ1v) is 5.24. The lowest BCUT2D eigenvalue weighted by atomic mass is 10.0. The van der Waals surface area contributed by atoms with Crippen molar-refractivity contribution in [2.75, 3.05) is 5.75 Å². The minimum Gasteiger partial charge on any atom is -0.481 e. The summed E-state index contributed by atoms with van der Waals surface area (Å²) in [5.74, 6) is -1.58. The van der Waals surface area contributed by atoms with Gasteiger partial charge >= 0.3 is 5.97 Å². The van der Waals surface area contributed by atoms with Crippen LogP contribution < -0.4 is 0 Å². The molecule has 0 saturated heterocycles. The Bertz CT molecular complexity index is 334. The highest BCUT2D eigenvalue weighted by Crippen LogP contribution is 2.32. The molecule has 0 aliphatic carbocycles. The number of rotatable bonds is 3. The molecule has 5 heteroatoms. The van der Waals surface area contributed by atoms with Gasteiger partial charge in [-0.1, -0.05) is 29.3 Å². The van der Waals surface area contributed by atoms with Crippen molar-refractivity contribution in [3.05, 3.63) is 33.8 Å². The summed E-state index contributed by atoms with van der Waals surface area (Å²) in [7, 11) is 0. The van der Waals surface area contributed by atoms with Gasteiger partial charge in [0.05, 0.1) is 5.92 Å². The highest BCUT2D eigenvalue weighted by Gasteiger charge is 2.23. The van der Waals surface area contributed by atoms with E-state index in [0.717, 1.165) is 0 Å². The van der Waals surface area contributed by atoms with Gasteiger partial charge in [-0.2, -0.15) is 12.6 Å². The topological polar surface area (TPSA) is 37.3 Å². The van der Waals surface area contributed by atoms with Crippen LogP contribution >= 0.6 is 35.8 Å². The van der Waals surface area contributed by atoms with Gasteiger partial charge in [0.15, 0.2) is 0 Å². The summed E-state index contributed by atoms with van der Waals surface area (Å²) in [6, 6.07) is 4.90. The third kappa shape index (κ3) is 2.35. The van der Waals surface area contributed by atoms with Gasteiger partial charge in [-0.3, -0.25) is 4.79 Å². The smallest absolute Gasteiger partial charge is 0.311 e. The van der Waals surface area contributed by atoms with Crippen LogP contribution in [0.5, 0.6) is 0 Å². The van der Waals surface area contributed by atoms with Crippen molar-refractivity contribution in [3.63, 3.8) is 0 Å². The van der Waals surface area contributed by atoms with Crippen LogP contribution in [0, 0.1) is 0 Å². The lowest BCUT2D eigenvalue weighted by Crippen LogP contribution is -2.14. The minimum absolute atomic E-state index is 0.165. The summed E-state index contributed by atoms with van der Waals surface area (Å²) >= 11 is 15.7. The van der Waals surface area contributed by atoms with Crippen LogP contribution in [0.2, 0.25) is 10.0 Å². The highest BCUT2D eigenvalue weighted by atomic mass is 35.5. The van der Waals surface area contributed by atoms with Gasteiger partial charge in [0.1, 0.15) is 0 Å². The van der Waals surface area contributed by atoms with E-state index < -0.39 is 11.9 Å². The third-order valence-corrected chi connectivity index (χ3v) is 2.85. The van der Waals surface area contributed by atoms with Gasteiger partial charge in [-0.05, 0) is 12.1 Å². The first-order valence-electron chi connectivity index (χ1n) is 3.85.